The van der Waals surface area contributed by atoms with Gasteiger partial charge in [-0.1, -0.05) is 11.6 Å². The molecule has 0 saturated carbocycles. The number of carbonyl (C=O) groups is 1. The molecule has 0 fully saturated rings. The van der Waals surface area contributed by atoms with Crippen LogP contribution in [0.25, 0.3) is 0 Å². The van der Waals surface area contributed by atoms with Gasteiger partial charge < -0.3 is 4.90 Å². The molecule has 0 spiro atoms. The zero-order valence-corrected chi connectivity index (χ0v) is 13.7. The van der Waals surface area contributed by atoms with Crippen molar-refractivity contribution in [2.24, 2.45) is 0 Å². The Morgan fingerprint density at radius 3 is 2.84 bits per heavy atom. The van der Waals surface area contributed by atoms with E-state index in [-0.39, 0.29) is 5.78 Å². The first-order valence-corrected chi connectivity index (χ1v) is 7.64. The molecule has 0 bridgehead atoms. The van der Waals surface area contributed by atoms with Gasteiger partial charge in [-0.15, -0.1) is 11.3 Å². The molecule has 2 heterocycles. The van der Waals surface area contributed by atoms with E-state index in [4.69, 9.17) is 11.6 Å². The minimum atomic E-state index is -0.0555. The molecule has 4 nitrogen and oxygen atoms in total. The summed E-state index contributed by atoms with van der Waals surface area (Å²) in [6, 6.07) is 3.47. The van der Waals surface area contributed by atoms with Gasteiger partial charge in [0.15, 0.2) is 0 Å². The summed E-state index contributed by atoms with van der Waals surface area (Å²) in [7, 11) is 3.97. The fourth-order valence-corrected chi connectivity index (χ4v) is 3.07. The summed E-state index contributed by atoms with van der Waals surface area (Å²) in [5.74, 6) is -0.0555. The molecule has 0 aliphatic rings. The number of rotatable bonds is 5. The van der Waals surface area contributed by atoms with E-state index in [0.29, 0.717) is 25.9 Å². The highest BCUT2D eigenvalue weighted by molar-refractivity contribution is 9.10. The maximum atomic E-state index is 12.5. The summed E-state index contributed by atoms with van der Waals surface area (Å²) < 4.78 is 3.04. The van der Waals surface area contributed by atoms with Gasteiger partial charge in [-0.3, -0.25) is 9.48 Å². The van der Waals surface area contributed by atoms with Crippen LogP contribution in [0.3, 0.4) is 0 Å². The Morgan fingerprint density at radius 2 is 2.26 bits per heavy atom. The fourth-order valence-electron chi connectivity index (χ4n) is 1.61. The van der Waals surface area contributed by atoms with E-state index < -0.39 is 0 Å². The van der Waals surface area contributed by atoms with Crippen LogP contribution in [-0.4, -0.2) is 41.1 Å². The second kappa shape index (κ2) is 6.17. The molecule has 0 aliphatic carbocycles. The number of hydrogen-bond donors (Lipinski definition) is 0. The third-order valence-electron chi connectivity index (χ3n) is 2.57. The van der Waals surface area contributed by atoms with Crippen molar-refractivity contribution in [2.45, 2.75) is 6.54 Å². The Kier molecular flexibility index (Phi) is 4.78. The van der Waals surface area contributed by atoms with Gasteiger partial charge in [-0.05, 0) is 42.2 Å². The van der Waals surface area contributed by atoms with Crippen LogP contribution in [0.2, 0.25) is 4.34 Å². The number of aromatic nitrogens is 2. The number of nitrogens with zero attached hydrogens (tertiary/aromatic N) is 3. The monoisotopic (exact) mass is 361 g/mol. The Labute approximate surface area is 129 Å². The van der Waals surface area contributed by atoms with Crippen molar-refractivity contribution >= 4 is 44.7 Å². The molecule has 2 aromatic heterocycles. The van der Waals surface area contributed by atoms with E-state index in [1.54, 1.807) is 23.0 Å². The summed E-state index contributed by atoms with van der Waals surface area (Å²) >= 11 is 10.5. The quantitative estimate of drug-likeness (QED) is 0.767. The smallest absolute Gasteiger partial charge is 0.222 e. The summed E-state index contributed by atoms with van der Waals surface area (Å²) in [4.78, 5) is 15.1. The highest BCUT2D eigenvalue weighted by atomic mass is 79.9. The lowest BCUT2D eigenvalue weighted by Gasteiger charge is -2.11. The topological polar surface area (TPSA) is 38.1 Å². The number of ketones is 1. The molecule has 0 atom stereocenters. The van der Waals surface area contributed by atoms with Crippen molar-refractivity contribution in [2.75, 3.05) is 20.6 Å². The average Bonchev–Trinajstić information content (AvgIpc) is 2.92. The Hall–Kier alpha value is -0.690. The first kappa shape index (κ1) is 14.7. The number of likely N-dealkylation sites (N-methyl/N-ethyl adjacent to an activating group) is 1. The summed E-state index contributed by atoms with van der Waals surface area (Å²) in [5, 5.41) is 4.24. The van der Waals surface area contributed by atoms with Crippen molar-refractivity contribution in [3.8, 4) is 0 Å². The van der Waals surface area contributed by atoms with Crippen LogP contribution in [0.1, 0.15) is 15.4 Å². The van der Waals surface area contributed by atoms with Crippen LogP contribution in [0.15, 0.2) is 22.8 Å². The number of hydrogen-bond acceptors (Lipinski definition) is 4. The maximum Gasteiger partial charge on any atom is 0.222 e. The van der Waals surface area contributed by atoms with Gasteiger partial charge in [0.25, 0.3) is 0 Å². The molecule has 0 aromatic carbocycles. The minimum absolute atomic E-state index is 0.0555. The van der Waals surface area contributed by atoms with E-state index in [1.165, 1.54) is 11.3 Å². The molecule has 102 valence electrons. The molecular weight excluding hydrogens is 350 g/mol. The normalized spacial score (nSPS) is 11.2. The molecule has 0 amide bonds. The maximum absolute atomic E-state index is 12.5. The average molecular weight is 363 g/mol. The van der Waals surface area contributed by atoms with E-state index >= 15 is 0 Å². The first-order valence-electron chi connectivity index (χ1n) is 5.65. The minimum Gasteiger partial charge on any atom is -0.308 e. The predicted octanol–water partition coefficient (Wildman–Crippen LogP) is 3.15. The van der Waals surface area contributed by atoms with Gasteiger partial charge in [-0.25, -0.2) is 0 Å². The molecule has 7 heteroatoms. The van der Waals surface area contributed by atoms with Gasteiger partial charge in [0, 0.05) is 6.54 Å². The molecular formula is C12H13BrClN3OS. The third-order valence-corrected chi connectivity index (χ3v) is 4.38. The van der Waals surface area contributed by atoms with Crippen LogP contribution in [-0.2, 0) is 6.54 Å². The van der Waals surface area contributed by atoms with E-state index in [2.05, 4.69) is 21.0 Å². The van der Waals surface area contributed by atoms with E-state index in [1.807, 2.05) is 19.0 Å². The van der Waals surface area contributed by atoms with Gasteiger partial charge in [0.05, 0.1) is 26.4 Å². The summed E-state index contributed by atoms with van der Waals surface area (Å²) in [6.07, 6.45) is 1.65. The number of thiophene rings is 1. The Balaban J connectivity index is 2.28. The summed E-state index contributed by atoms with van der Waals surface area (Å²) in [6.45, 7) is 1.48. The molecule has 2 aromatic rings. The zero-order valence-electron chi connectivity index (χ0n) is 10.6. The highest BCUT2D eigenvalue weighted by Crippen LogP contribution is 2.26. The van der Waals surface area contributed by atoms with Gasteiger partial charge in [0.2, 0.25) is 5.78 Å². The molecule has 0 N–H and O–H groups in total. The van der Waals surface area contributed by atoms with Crippen LogP contribution in [0.4, 0.5) is 0 Å². The molecule has 0 saturated heterocycles. The fraction of sp³-hybridized carbons (Fsp3) is 0.333. The largest absolute Gasteiger partial charge is 0.308 e. The lowest BCUT2D eigenvalue weighted by Crippen LogP contribution is -2.21. The lowest BCUT2D eigenvalue weighted by molar-refractivity contribution is 0.103. The van der Waals surface area contributed by atoms with Crippen LogP contribution >= 0.6 is 38.9 Å². The van der Waals surface area contributed by atoms with Crippen LogP contribution in [0.5, 0.6) is 0 Å². The first-order chi connectivity index (χ1) is 8.99. The SMILES string of the molecule is CN(C)CCn1ncc(Br)c1C(=O)c1ccc(Cl)s1. The zero-order chi connectivity index (χ0) is 14.0. The van der Waals surface area contributed by atoms with Crippen molar-refractivity contribution in [3.63, 3.8) is 0 Å². The lowest BCUT2D eigenvalue weighted by atomic mass is 10.2. The Bertz CT molecular complexity index is 594. The molecule has 19 heavy (non-hydrogen) atoms. The summed E-state index contributed by atoms with van der Waals surface area (Å²) in [5.41, 5.74) is 0.570. The van der Waals surface area contributed by atoms with Crippen molar-refractivity contribution in [3.05, 3.63) is 37.7 Å². The number of halogens is 2. The van der Waals surface area contributed by atoms with E-state index in [0.717, 1.165) is 6.54 Å². The predicted molar refractivity (Wildman–Crippen MR) is 81.2 cm³/mol. The van der Waals surface area contributed by atoms with Crippen LogP contribution < -0.4 is 0 Å². The number of carbonyl (C=O) groups excluding carboxylic acids is 1. The van der Waals surface area contributed by atoms with Crippen LogP contribution in [0, 0.1) is 0 Å². The van der Waals surface area contributed by atoms with Crippen molar-refractivity contribution < 1.29 is 4.79 Å². The standard InChI is InChI=1S/C12H13BrClN3OS/c1-16(2)5-6-17-11(8(13)7-15-17)12(18)9-3-4-10(14)19-9/h3-4,7H,5-6H2,1-2H3. The highest BCUT2D eigenvalue weighted by Gasteiger charge is 2.20. The Morgan fingerprint density at radius 1 is 1.53 bits per heavy atom. The molecule has 2 rings (SSSR count). The second-order valence-corrected chi connectivity index (χ2v) is 6.87. The molecule has 0 radical (unpaired) electrons. The van der Waals surface area contributed by atoms with Crippen molar-refractivity contribution in [1.29, 1.82) is 0 Å². The third kappa shape index (κ3) is 3.45. The van der Waals surface area contributed by atoms with Gasteiger partial charge in [0.1, 0.15) is 5.69 Å². The molecule has 0 unspecified atom stereocenters. The van der Waals surface area contributed by atoms with Gasteiger partial charge in [-0.2, -0.15) is 5.10 Å². The second-order valence-electron chi connectivity index (χ2n) is 4.30. The van der Waals surface area contributed by atoms with Crippen molar-refractivity contribution in [1.82, 2.24) is 14.7 Å². The van der Waals surface area contributed by atoms with E-state index in [9.17, 15) is 4.79 Å². The van der Waals surface area contributed by atoms with Gasteiger partial charge >= 0.3 is 0 Å². The molecule has 0 aliphatic heterocycles.